The number of carbonyl (C=O) groups excluding carboxylic acids is 2. The van der Waals surface area contributed by atoms with Crippen LogP contribution in [0.1, 0.15) is 49.5 Å². The summed E-state index contributed by atoms with van der Waals surface area (Å²) in [4.78, 5) is 25.7. The van der Waals surface area contributed by atoms with Crippen molar-refractivity contribution >= 4 is 44.5 Å². The number of nitrogens with zero attached hydrogens (tertiary/aromatic N) is 1. The van der Waals surface area contributed by atoms with Crippen molar-refractivity contribution in [3.05, 3.63) is 77.2 Å². The fourth-order valence-corrected chi connectivity index (χ4v) is 6.82. The van der Waals surface area contributed by atoms with Gasteiger partial charge in [-0.2, -0.15) is 4.31 Å². The predicted octanol–water partition coefficient (Wildman–Crippen LogP) is 5.34. The highest BCUT2D eigenvalue weighted by Gasteiger charge is 2.33. The van der Waals surface area contributed by atoms with E-state index < -0.39 is 15.9 Å². The predicted molar refractivity (Wildman–Crippen MR) is 144 cm³/mol. The molecule has 1 saturated heterocycles. The fraction of sp³-hybridized carbons (Fsp3) is 0.333. The van der Waals surface area contributed by atoms with E-state index in [0.717, 1.165) is 5.56 Å². The molecule has 0 radical (unpaired) electrons. The second kappa shape index (κ2) is 10.5. The summed E-state index contributed by atoms with van der Waals surface area (Å²) in [7, 11) is -3.59. The van der Waals surface area contributed by atoms with Crippen LogP contribution < -0.4 is 10.6 Å². The van der Waals surface area contributed by atoms with Crippen LogP contribution in [0.25, 0.3) is 0 Å². The monoisotopic (exact) mass is 525 g/mol. The number of sulfonamides is 1. The lowest BCUT2D eigenvalue weighted by atomic mass is 9.87. The van der Waals surface area contributed by atoms with Crippen LogP contribution in [0.2, 0.25) is 0 Å². The van der Waals surface area contributed by atoms with Gasteiger partial charge in [0.2, 0.25) is 5.91 Å². The van der Waals surface area contributed by atoms with Gasteiger partial charge in [-0.3, -0.25) is 9.59 Å². The lowest BCUT2D eigenvalue weighted by molar-refractivity contribution is -0.120. The maximum absolute atomic E-state index is 13.0. The number of anilines is 2. The van der Waals surface area contributed by atoms with Crippen molar-refractivity contribution < 1.29 is 18.0 Å². The van der Waals surface area contributed by atoms with E-state index in [1.807, 2.05) is 12.1 Å². The molecule has 0 aliphatic carbocycles. The van der Waals surface area contributed by atoms with Crippen LogP contribution in [0, 0.1) is 5.92 Å². The average Bonchev–Trinajstić information content (AvgIpc) is 3.40. The van der Waals surface area contributed by atoms with Crippen LogP contribution in [-0.4, -0.2) is 37.6 Å². The summed E-state index contributed by atoms with van der Waals surface area (Å²) in [5, 5.41) is 7.49. The number of piperidine rings is 1. The van der Waals surface area contributed by atoms with E-state index in [4.69, 9.17) is 0 Å². The van der Waals surface area contributed by atoms with Crippen LogP contribution in [0.4, 0.5) is 11.4 Å². The molecule has 3 aromatic rings. The summed E-state index contributed by atoms with van der Waals surface area (Å²) < 4.78 is 27.4. The minimum Gasteiger partial charge on any atom is -0.326 e. The van der Waals surface area contributed by atoms with E-state index in [1.165, 1.54) is 15.6 Å². The van der Waals surface area contributed by atoms with Gasteiger partial charge < -0.3 is 10.6 Å². The number of rotatable bonds is 6. The van der Waals surface area contributed by atoms with Crippen molar-refractivity contribution in [1.82, 2.24) is 4.31 Å². The fourth-order valence-electron chi connectivity index (χ4n) is 4.16. The van der Waals surface area contributed by atoms with Gasteiger partial charge in [-0.25, -0.2) is 8.42 Å². The molecule has 2 N–H and O–H groups in total. The Morgan fingerprint density at radius 3 is 2.31 bits per heavy atom. The van der Waals surface area contributed by atoms with Gasteiger partial charge in [0.1, 0.15) is 4.21 Å². The van der Waals surface area contributed by atoms with Gasteiger partial charge in [0, 0.05) is 30.0 Å². The summed E-state index contributed by atoms with van der Waals surface area (Å²) in [6.45, 7) is 6.91. The van der Waals surface area contributed by atoms with Gasteiger partial charge in [0.15, 0.2) is 0 Å². The van der Waals surface area contributed by atoms with Crippen LogP contribution in [-0.2, 0) is 20.2 Å². The number of benzene rings is 2. The molecular formula is C27H31N3O4S2. The Kier molecular flexibility index (Phi) is 7.63. The SMILES string of the molecule is CC(C)(C)c1ccc(C(=O)Nc2cccc(NC(=O)[C@@H]3CCCN(S(=O)(=O)c4cccs4)C3)c2)cc1. The third kappa shape index (κ3) is 6.03. The number of carbonyl (C=O) groups is 2. The molecule has 0 spiro atoms. The summed E-state index contributed by atoms with van der Waals surface area (Å²) in [5.41, 5.74) is 2.80. The maximum Gasteiger partial charge on any atom is 0.255 e. The Morgan fingerprint density at radius 1 is 0.972 bits per heavy atom. The highest BCUT2D eigenvalue weighted by Crippen LogP contribution is 2.27. The summed E-state index contributed by atoms with van der Waals surface area (Å²) in [6, 6.07) is 17.8. The first-order valence-electron chi connectivity index (χ1n) is 11.9. The molecule has 7 nitrogen and oxygen atoms in total. The van der Waals surface area contributed by atoms with E-state index in [1.54, 1.807) is 53.9 Å². The highest BCUT2D eigenvalue weighted by molar-refractivity contribution is 7.91. The van der Waals surface area contributed by atoms with E-state index in [2.05, 4.69) is 31.4 Å². The van der Waals surface area contributed by atoms with Crippen molar-refractivity contribution in [2.75, 3.05) is 23.7 Å². The highest BCUT2D eigenvalue weighted by atomic mass is 32.2. The smallest absolute Gasteiger partial charge is 0.255 e. The van der Waals surface area contributed by atoms with Crippen LogP contribution in [0.15, 0.2) is 70.3 Å². The third-order valence-electron chi connectivity index (χ3n) is 6.25. The molecule has 1 aliphatic heterocycles. The first-order chi connectivity index (χ1) is 17.0. The average molecular weight is 526 g/mol. The normalized spacial score (nSPS) is 16.9. The number of hydrogen-bond donors (Lipinski definition) is 2. The molecule has 1 fully saturated rings. The number of thiophene rings is 1. The van der Waals surface area contributed by atoms with Crippen LogP contribution in [0.3, 0.4) is 0 Å². The molecule has 0 saturated carbocycles. The van der Waals surface area contributed by atoms with Crippen molar-refractivity contribution in [3.63, 3.8) is 0 Å². The second-order valence-corrected chi connectivity index (χ2v) is 13.1. The molecule has 0 unspecified atom stereocenters. The largest absolute Gasteiger partial charge is 0.326 e. The lowest BCUT2D eigenvalue weighted by Crippen LogP contribution is -2.43. The summed E-state index contributed by atoms with van der Waals surface area (Å²) >= 11 is 1.18. The first kappa shape index (κ1) is 26.1. The van der Waals surface area contributed by atoms with Gasteiger partial charge in [-0.15, -0.1) is 11.3 Å². The van der Waals surface area contributed by atoms with Crippen molar-refractivity contribution in [2.24, 2.45) is 5.92 Å². The minimum atomic E-state index is -3.59. The molecule has 4 rings (SSSR count). The van der Waals surface area contributed by atoms with Gasteiger partial charge in [-0.1, -0.05) is 45.0 Å². The van der Waals surface area contributed by atoms with Crippen molar-refractivity contribution in [3.8, 4) is 0 Å². The molecule has 9 heteroatoms. The van der Waals surface area contributed by atoms with Gasteiger partial charge in [-0.05, 0) is 65.6 Å². The molecule has 0 bridgehead atoms. The zero-order valence-corrected chi connectivity index (χ0v) is 22.3. The molecule has 2 aromatic carbocycles. The number of hydrogen-bond acceptors (Lipinski definition) is 5. The van der Waals surface area contributed by atoms with Gasteiger partial charge >= 0.3 is 0 Å². The Labute approximate surface area is 216 Å². The molecule has 2 amide bonds. The Balaban J connectivity index is 1.39. The molecule has 190 valence electrons. The molecule has 2 heterocycles. The minimum absolute atomic E-state index is 0.00501. The van der Waals surface area contributed by atoms with E-state index >= 15 is 0 Å². The zero-order valence-electron chi connectivity index (χ0n) is 20.7. The Hall–Kier alpha value is -3.01. The number of amides is 2. The summed E-state index contributed by atoms with van der Waals surface area (Å²) in [5.74, 6) is -0.920. The van der Waals surface area contributed by atoms with Crippen molar-refractivity contribution in [1.29, 1.82) is 0 Å². The Bertz CT molecular complexity index is 1330. The first-order valence-corrected chi connectivity index (χ1v) is 14.2. The maximum atomic E-state index is 13.0. The zero-order chi connectivity index (χ0) is 25.9. The van der Waals surface area contributed by atoms with E-state index in [-0.39, 0.29) is 23.8 Å². The topological polar surface area (TPSA) is 95.6 Å². The van der Waals surface area contributed by atoms with Crippen LogP contribution in [0.5, 0.6) is 0 Å². The quantitative estimate of drug-likeness (QED) is 0.454. The van der Waals surface area contributed by atoms with Crippen molar-refractivity contribution in [2.45, 2.75) is 43.2 Å². The third-order valence-corrected chi connectivity index (χ3v) is 9.48. The van der Waals surface area contributed by atoms with Crippen LogP contribution >= 0.6 is 11.3 Å². The Morgan fingerprint density at radius 2 is 1.67 bits per heavy atom. The molecular weight excluding hydrogens is 494 g/mol. The van der Waals surface area contributed by atoms with E-state index in [9.17, 15) is 18.0 Å². The lowest BCUT2D eigenvalue weighted by Gasteiger charge is -2.30. The number of nitrogens with one attached hydrogen (secondary N) is 2. The molecule has 1 atom stereocenters. The van der Waals surface area contributed by atoms with Gasteiger partial charge in [0.25, 0.3) is 15.9 Å². The summed E-state index contributed by atoms with van der Waals surface area (Å²) in [6.07, 6.45) is 1.23. The molecule has 36 heavy (non-hydrogen) atoms. The standard InChI is InChI=1S/C27H31N3O4S2/c1-27(2,3)21-13-11-19(12-14-21)25(31)28-22-8-4-9-23(17-22)29-26(32)20-7-5-15-30(18-20)36(33,34)24-10-6-16-35-24/h4,6,8-14,16-17,20H,5,7,15,18H2,1-3H3,(H,28,31)(H,29,32)/t20-/m1/s1. The second-order valence-electron chi connectivity index (χ2n) is 9.99. The van der Waals surface area contributed by atoms with Gasteiger partial charge in [0.05, 0.1) is 5.92 Å². The van der Waals surface area contributed by atoms with E-state index in [0.29, 0.717) is 40.5 Å². The molecule has 1 aliphatic rings. The molecule has 1 aromatic heterocycles.